The Balaban J connectivity index is 2.04. The zero-order valence-corrected chi connectivity index (χ0v) is 15.1. The number of aliphatic carboxylic acids is 1. The predicted octanol–water partition coefficient (Wildman–Crippen LogP) is 5.79. The molecular weight excluding hydrogens is 356 g/mol. The molecule has 3 rings (SSSR count). The Hall–Kier alpha value is -2.37. The number of carboxylic acids is 1. The Kier molecular flexibility index (Phi) is 5.36. The fraction of sp³-hybridized carbons (Fsp3) is 0.158. The molecule has 1 unspecified atom stereocenters. The number of benzene rings is 2. The Bertz CT molecular complexity index is 863. The third kappa shape index (κ3) is 4.00. The summed E-state index contributed by atoms with van der Waals surface area (Å²) in [6.45, 7) is 1.87. The Morgan fingerprint density at radius 2 is 1.88 bits per heavy atom. The summed E-state index contributed by atoms with van der Waals surface area (Å²) >= 11 is 7.35. The van der Waals surface area contributed by atoms with Crippen LogP contribution in [0.15, 0.2) is 54.6 Å². The highest BCUT2D eigenvalue weighted by molar-refractivity contribution is 7.16. The van der Waals surface area contributed by atoms with Crippen LogP contribution in [0.1, 0.15) is 24.1 Å². The second kappa shape index (κ2) is 7.68. The normalized spacial score (nSPS) is 11.9. The van der Waals surface area contributed by atoms with Gasteiger partial charge >= 0.3 is 5.97 Å². The van der Waals surface area contributed by atoms with Crippen LogP contribution in [-0.2, 0) is 4.79 Å². The van der Waals surface area contributed by atoms with Crippen LogP contribution in [0.3, 0.4) is 0 Å². The summed E-state index contributed by atoms with van der Waals surface area (Å²) in [6.07, 6.45) is 0.503. The molecule has 6 heteroatoms. The van der Waals surface area contributed by atoms with E-state index >= 15 is 0 Å². The van der Waals surface area contributed by atoms with Crippen LogP contribution in [0.5, 0.6) is 0 Å². The van der Waals surface area contributed by atoms with Gasteiger partial charge in [-0.25, -0.2) is 4.98 Å². The Morgan fingerprint density at radius 3 is 2.48 bits per heavy atom. The molecule has 0 aliphatic carbocycles. The van der Waals surface area contributed by atoms with Crippen molar-refractivity contribution in [2.24, 2.45) is 0 Å². The van der Waals surface area contributed by atoms with Crippen LogP contribution in [0.2, 0.25) is 5.02 Å². The molecule has 1 aromatic heterocycles. The van der Waals surface area contributed by atoms with Gasteiger partial charge in [-0.1, -0.05) is 48.9 Å². The van der Waals surface area contributed by atoms with Gasteiger partial charge in [-0.3, -0.25) is 4.79 Å². The quantitative estimate of drug-likeness (QED) is 0.575. The van der Waals surface area contributed by atoms with Gasteiger partial charge in [0.15, 0.2) is 5.13 Å². The first-order valence-corrected chi connectivity index (χ1v) is 9.09. The van der Waals surface area contributed by atoms with Gasteiger partial charge in [0.05, 0.1) is 11.6 Å². The standard InChI is InChI=1S/C19H17ClN2O2S/c1-2-15(18(23)24)17-16(12-8-10-13(20)11-9-12)22-19(25-17)21-14-6-4-3-5-7-14/h3-11,15H,2H2,1H3,(H,21,22)(H,23,24). The summed E-state index contributed by atoms with van der Waals surface area (Å²) in [4.78, 5) is 17.1. The highest BCUT2D eigenvalue weighted by Crippen LogP contribution is 2.39. The van der Waals surface area contributed by atoms with Crippen LogP contribution in [0.25, 0.3) is 11.3 Å². The topological polar surface area (TPSA) is 62.2 Å². The van der Waals surface area contributed by atoms with Crippen LogP contribution in [0.4, 0.5) is 10.8 Å². The first kappa shape index (κ1) is 17.5. The number of carbonyl (C=O) groups is 1. The van der Waals surface area contributed by atoms with Gasteiger partial charge < -0.3 is 10.4 Å². The summed E-state index contributed by atoms with van der Waals surface area (Å²) in [5, 5.41) is 14.1. The van der Waals surface area contributed by atoms with Crippen molar-refractivity contribution in [1.29, 1.82) is 0 Å². The van der Waals surface area contributed by atoms with Crippen molar-refractivity contribution < 1.29 is 9.90 Å². The van der Waals surface area contributed by atoms with Crippen LogP contribution < -0.4 is 5.32 Å². The van der Waals surface area contributed by atoms with Gasteiger partial charge in [-0.2, -0.15) is 0 Å². The molecule has 128 valence electrons. The van der Waals surface area contributed by atoms with Crippen molar-refractivity contribution in [3.05, 3.63) is 64.5 Å². The molecule has 3 aromatic rings. The maximum absolute atomic E-state index is 11.7. The van der Waals surface area contributed by atoms with E-state index in [0.29, 0.717) is 22.3 Å². The SMILES string of the molecule is CCC(C(=O)O)c1sc(Nc2ccccc2)nc1-c1ccc(Cl)cc1. The average molecular weight is 373 g/mol. The first-order chi connectivity index (χ1) is 12.1. The van der Waals surface area contributed by atoms with Gasteiger partial charge in [-0.15, -0.1) is 11.3 Å². The van der Waals surface area contributed by atoms with Crippen molar-refractivity contribution in [2.75, 3.05) is 5.32 Å². The second-order valence-electron chi connectivity index (χ2n) is 5.53. The number of thiazole rings is 1. The number of hydrogen-bond acceptors (Lipinski definition) is 4. The van der Waals surface area contributed by atoms with Crippen LogP contribution in [-0.4, -0.2) is 16.1 Å². The largest absolute Gasteiger partial charge is 0.481 e. The summed E-state index contributed by atoms with van der Waals surface area (Å²) in [7, 11) is 0. The number of para-hydroxylation sites is 1. The van der Waals surface area contributed by atoms with Gasteiger partial charge in [0.1, 0.15) is 0 Å². The summed E-state index contributed by atoms with van der Waals surface area (Å²) in [5.41, 5.74) is 2.46. The molecule has 25 heavy (non-hydrogen) atoms. The minimum absolute atomic E-state index is 0.503. The lowest BCUT2D eigenvalue weighted by atomic mass is 10.0. The van der Waals surface area contributed by atoms with Gasteiger partial charge in [-0.05, 0) is 30.7 Å². The van der Waals surface area contributed by atoms with Crippen molar-refractivity contribution in [3.63, 3.8) is 0 Å². The van der Waals surface area contributed by atoms with E-state index in [1.54, 1.807) is 12.1 Å². The molecule has 2 N–H and O–H groups in total. The molecule has 0 aliphatic heterocycles. The number of aromatic nitrogens is 1. The zero-order valence-electron chi connectivity index (χ0n) is 13.6. The van der Waals surface area contributed by atoms with Crippen molar-refractivity contribution in [1.82, 2.24) is 4.98 Å². The van der Waals surface area contributed by atoms with Crippen LogP contribution >= 0.6 is 22.9 Å². The van der Waals surface area contributed by atoms with E-state index in [9.17, 15) is 9.90 Å². The second-order valence-corrected chi connectivity index (χ2v) is 7.00. The Morgan fingerprint density at radius 1 is 1.20 bits per heavy atom. The van der Waals surface area contributed by atoms with E-state index in [4.69, 9.17) is 11.6 Å². The number of carboxylic acid groups (broad SMARTS) is 1. The number of halogens is 1. The van der Waals surface area contributed by atoms with E-state index in [0.717, 1.165) is 16.1 Å². The molecule has 0 aliphatic rings. The number of rotatable bonds is 6. The van der Waals surface area contributed by atoms with Gasteiger partial charge in [0.25, 0.3) is 0 Å². The molecule has 0 fully saturated rings. The number of anilines is 2. The summed E-state index contributed by atoms with van der Waals surface area (Å²) in [6, 6.07) is 17.0. The molecular formula is C19H17ClN2O2S. The fourth-order valence-corrected chi connectivity index (χ4v) is 3.86. The van der Waals surface area contributed by atoms with E-state index in [2.05, 4.69) is 10.3 Å². The molecule has 1 atom stereocenters. The Labute approximate surface area is 155 Å². The minimum atomic E-state index is -0.840. The smallest absolute Gasteiger partial charge is 0.311 e. The van der Waals surface area contributed by atoms with E-state index in [1.807, 2.05) is 49.4 Å². The fourth-order valence-electron chi connectivity index (χ4n) is 2.55. The van der Waals surface area contributed by atoms with E-state index in [-0.39, 0.29) is 0 Å². The maximum atomic E-state index is 11.7. The highest BCUT2D eigenvalue weighted by Gasteiger charge is 2.26. The van der Waals surface area contributed by atoms with Gasteiger partial charge in [0.2, 0.25) is 0 Å². The third-order valence-corrected chi connectivity index (χ3v) is 5.16. The maximum Gasteiger partial charge on any atom is 0.311 e. The summed E-state index contributed by atoms with van der Waals surface area (Å²) in [5.74, 6) is -1.43. The molecule has 0 saturated heterocycles. The molecule has 0 spiro atoms. The van der Waals surface area contributed by atoms with E-state index < -0.39 is 11.9 Å². The van der Waals surface area contributed by atoms with Crippen molar-refractivity contribution in [3.8, 4) is 11.3 Å². The highest BCUT2D eigenvalue weighted by atomic mass is 35.5. The molecule has 2 aromatic carbocycles. The number of nitrogens with zero attached hydrogens (tertiary/aromatic N) is 1. The predicted molar refractivity (Wildman–Crippen MR) is 103 cm³/mol. The van der Waals surface area contributed by atoms with Gasteiger partial charge in [0, 0.05) is 21.2 Å². The molecule has 0 amide bonds. The monoisotopic (exact) mass is 372 g/mol. The van der Waals surface area contributed by atoms with E-state index in [1.165, 1.54) is 11.3 Å². The molecule has 0 saturated carbocycles. The number of hydrogen-bond donors (Lipinski definition) is 2. The molecule has 4 nitrogen and oxygen atoms in total. The van der Waals surface area contributed by atoms with Crippen LogP contribution in [0, 0.1) is 0 Å². The molecule has 1 heterocycles. The number of nitrogens with one attached hydrogen (secondary N) is 1. The van der Waals surface area contributed by atoms with Crippen molar-refractivity contribution >= 4 is 39.7 Å². The molecule has 0 bridgehead atoms. The molecule has 0 radical (unpaired) electrons. The average Bonchev–Trinajstić information content (AvgIpc) is 3.00. The minimum Gasteiger partial charge on any atom is -0.481 e. The lowest BCUT2D eigenvalue weighted by Gasteiger charge is -2.09. The summed E-state index contributed by atoms with van der Waals surface area (Å²) < 4.78 is 0. The zero-order chi connectivity index (χ0) is 17.8. The first-order valence-electron chi connectivity index (χ1n) is 7.90. The third-order valence-electron chi connectivity index (χ3n) is 3.82. The van der Waals surface area contributed by atoms with Crippen molar-refractivity contribution in [2.45, 2.75) is 19.3 Å². The lowest BCUT2D eigenvalue weighted by molar-refractivity contribution is -0.138. The lowest BCUT2D eigenvalue weighted by Crippen LogP contribution is -2.09.